The predicted molar refractivity (Wildman–Crippen MR) is 117 cm³/mol. The smallest absolute Gasteiger partial charge is 0.196 e. The van der Waals surface area contributed by atoms with Crippen LogP contribution in [-0.4, -0.2) is 26.8 Å². The zero-order chi connectivity index (χ0) is 20.5. The summed E-state index contributed by atoms with van der Waals surface area (Å²) >= 11 is 7.43. The molecular formula is C23H18ClNO3S. The zero-order valence-corrected chi connectivity index (χ0v) is 17.2. The summed E-state index contributed by atoms with van der Waals surface area (Å²) in [5.74, 6) is -0.637. The molecule has 0 unspecified atom stereocenters. The van der Waals surface area contributed by atoms with Crippen molar-refractivity contribution in [3.05, 3.63) is 88.4 Å². The van der Waals surface area contributed by atoms with Gasteiger partial charge in [0.05, 0.1) is 16.1 Å². The van der Waals surface area contributed by atoms with Crippen LogP contribution in [0.4, 0.5) is 0 Å². The summed E-state index contributed by atoms with van der Waals surface area (Å²) in [5, 5.41) is 22.1. The van der Waals surface area contributed by atoms with Gasteiger partial charge in [-0.1, -0.05) is 41.9 Å². The fraction of sp³-hybridized carbons (Fsp3) is 0.0870. The molecule has 0 aliphatic heterocycles. The molecular weight excluding hydrogens is 406 g/mol. The Balaban J connectivity index is 1.96. The topological polar surface area (TPSA) is 62.5 Å². The maximum absolute atomic E-state index is 13.4. The average Bonchev–Trinajstić information content (AvgIpc) is 3.01. The number of carbonyl (C=O) groups is 1. The third-order valence-electron chi connectivity index (χ3n) is 4.82. The van der Waals surface area contributed by atoms with Crippen molar-refractivity contribution >= 4 is 40.0 Å². The molecule has 0 bridgehead atoms. The normalized spacial score (nSPS) is 11.1. The van der Waals surface area contributed by atoms with Crippen LogP contribution in [-0.2, 0) is 6.54 Å². The van der Waals surface area contributed by atoms with E-state index < -0.39 is 0 Å². The molecule has 0 fully saturated rings. The van der Waals surface area contributed by atoms with Crippen molar-refractivity contribution in [2.75, 3.05) is 6.26 Å². The molecule has 0 amide bonds. The first-order valence-corrected chi connectivity index (χ1v) is 10.6. The molecule has 1 aromatic heterocycles. The fourth-order valence-corrected chi connectivity index (χ4v) is 4.37. The molecule has 4 aromatic rings. The number of ketones is 1. The van der Waals surface area contributed by atoms with E-state index in [1.807, 2.05) is 41.2 Å². The van der Waals surface area contributed by atoms with Gasteiger partial charge in [0.25, 0.3) is 0 Å². The molecule has 0 spiro atoms. The Kier molecular flexibility index (Phi) is 5.26. The number of fused-ring (bicyclic) bond motifs is 1. The first-order chi connectivity index (χ1) is 14.0. The molecule has 146 valence electrons. The van der Waals surface area contributed by atoms with Gasteiger partial charge in [-0.2, -0.15) is 0 Å². The maximum atomic E-state index is 13.4. The Morgan fingerprint density at radius 1 is 1.00 bits per heavy atom. The summed E-state index contributed by atoms with van der Waals surface area (Å²) in [6.07, 6.45) is 1.91. The number of carbonyl (C=O) groups excluding carboxylic acids is 1. The Labute approximate surface area is 177 Å². The molecule has 0 radical (unpaired) electrons. The summed E-state index contributed by atoms with van der Waals surface area (Å²) in [6.45, 7) is 0.533. The predicted octanol–water partition coefficient (Wildman–Crippen LogP) is 5.71. The van der Waals surface area contributed by atoms with Crippen LogP contribution >= 0.6 is 23.4 Å². The SMILES string of the molecule is CSc1c(C(=O)c2ccc(Cl)cc2)c2cc(O)c(O)cc2n1Cc1ccccc1. The second kappa shape index (κ2) is 7.85. The zero-order valence-electron chi connectivity index (χ0n) is 15.6. The summed E-state index contributed by atoms with van der Waals surface area (Å²) in [5.41, 5.74) is 2.76. The first-order valence-electron chi connectivity index (χ1n) is 8.96. The molecule has 2 N–H and O–H groups in total. The molecule has 1 heterocycles. The van der Waals surface area contributed by atoms with Crippen LogP contribution in [0.25, 0.3) is 10.9 Å². The lowest BCUT2D eigenvalue weighted by Gasteiger charge is -2.10. The highest BCUT2D eigenvalue weighted by Gasteiger charge is 2.24. The monoisotopic (exact) mass is 423 g/mol. The number of hydrogen-bond donors (Lipinski definition) is 2. The van der Waals surface area contributed by atoms with Crippen molar-refractivity contribution in [2.45, 2.75) is 11.6 Å². The van der Waals surface area contributed by atoms with E-state index in [1.165, 1.54) is 23.9 Å². The van der Waals surface area contributed by atoms with Gasteiger partial charge in [0, 0.05) is 28.6 Å². The highest BCUT2D eigenvalue weighted by molar-refractivity contribution is 7.98. The molecule has 0 saturated heterocycles. The lowest BCUT2D eigenvalue weighted by atomic mass is 10.0. The summed E-state index contributed by atoms with van der Waals surface area (Å²) in [4.78, 5) is 13.4. The van der Waals surface area contributed by atoms with Crippen LogP contribution in [0.5, 0.6) is 11.5 Å². The number of aromatic hydroxyl groups is 2. The van der Waals surface area contributed by atoms with E-state index in [4.69, 9.17) is 11.6 Å². The largest absolute Gasteiger partial charge is 0.504 e. The quantitative estimate of drug-likeness (QED) is 0.245. The van der Waals surface area contributed by atoms with Crippen LogP contribution in [0.2, 0.25) is 5.02 Å². The first kappa shape index (κ1) is 19.4. The minimum absolute atomic E-state index is 0.159. The van der Waals surface area contributed by atoms with Crippen LogP contribution in [0.3, 0.4) is 0 Å². The Hall–Kier alpha value is -2.89. The van der Waals surface area contributed by atoms with Crippen molar-refractivity contribution in [1.82, 2.24) is 4.57 Å². The summed E-state index contributed by atoms with van der Waals surface area (Å²) in [6, 6.07) is 19.6. The summed E-state index contributed by atoms with van der Waals surface area (Å²) in [7, 11) is 0. The minimum atomic E-state index is -0.257. The number of thioether (sulfide) groups is 1. The van der Waals surface area contributed by atoms with Gasteiger partial charge in [0.1, 0.15) is 0 Å². The third kappa shape index (κ3) is 3.59. The van der Waals surface area contributed by atoms with Gasteiger partial charge in [-0.15, -0.1) is 11.8 Å². The third-order valence-corrected chi connectivity index (χ3v) is 5.89. The number of phenols is 2. The van der Waals surface area contributed by atoms with E-state index in [-0.39, 0.29) is 17.3 Å². The maximum Gasteiger partial charge on any atom is 0.196 e. The van der Waals surface area contributed by atoms with E-state index in [9.17, 15) is 15.0 Å². The van der Waals surface area contributed by atoms with Gasteiger partial charge in [-0.3, -0.25) is 4.79 Å². The molecule has 0 aliphatic rings. The van der Waals surface area contributed by atoms with Crippen LogP contribution in [0.15, 0.2) is 71.8 Å². The lowest BCUT2D eigenvalue weighted by molar-refractivity contribution is 0.103. The van der Waals surface area contributed by atoms with Gasteiger partial charge < -0.3 is 14.8 Å². The number of nitrogens with zero attached hydrogens (tertiary/aromatic N) is 1. The van der Waals surface area contributed by atoms with Crippen molar-refractivity contribution in [3.63, 3.8) is 0 Å². The second-order valence-corrected chi connectivity index (χ2v) is 7.88. The second-order valence-electron chi connectivity index (χ2n) is 6.65. The van der Waals surface area contributed by atoms with E-state index in [1.54, 1.807) is 24.3 Å². The van der Waals surface area contributed by atoms with Gasteiger partial charge >= 0.3 is 0 Å². The van der Waals surface area contributed by atoms with Crippen LogP contribution < -0.4 is 0 Å². The highest BCUT2D eigenvalue weighted by Crippen LogP contribution is 2.39. The molecule has 3 aromatic carbocycles. The minimum Gasteiger partial charge on any atom is -0.504 e. The molecule has 0 aliphatic carbocycles. The molecule has 4 nitrogen and oxygen atoms in total. The van der Waals surface area contributed by atoms with E-state index in [2.05, 4.69) is 0 Å². The number of hydrogen-bond acceptors (Lipinski definition) is 4. The van der Waals surface area contributed by atoms with Gasteiger partial charge in [0.15, 0.2) is 17.3 Å². The lowest BCUT2D eigenvalue weighted by Crippen LogP contribution is -2.05. The standard InChI is InChI=1S/C23H18ClNO3S/c1-29-23-21(22(28)15-7-9-16(24)10-8-15)17-11-19(26)20(27)12-18(17)25(23)13-14-5-3-2-4-6-14/h2-12,26-27H,13H2,1H3. The van der Waals surface area contributed by atoms with E-state index in [0.717, 1.165) is 10.6 Å². The molecule has 4 rings (SSSR count). The fourth-order valence-electron chi connectivity index (χ4n) is 3.45. The molecule has 0 atom stereocenters. The number of benzene rings is 3. The van der Waals surface area contributed by atoms with Crippen molar-refractivity contribution in [1.29, 1.82) is 0 Å². The summed E-state index contributed by atoms with van der Waals surface area (Å²) < 4.78 is 2.00. The number of rotatable bonds is 5. The number of phenolic OH excluding ortho intramolecular Hbond substituents is 2. The number of halogens is 1. The molecule has 29 heavy (non-hydrogen) atoms. The van der Waals surface area contributed by atoms with E-state index >= 15 is 0 Å². The van der Waals surface area contributed by atoms with Gasteiger partial charge in [0.2, 0.25) is 0 Å². The average molecular weight is 424 g/mol. The van der Waals surface area contributed by atoms with E-state index in [0.29, 0.717) is 33.6 Å². The Bertz CT molecular complexity index is 1200. The van der Waals surface area contributed by atoms with Crippen LogP contribution in [0, 0.1) is 0 Å². The number of aromatic nitrogens is 1. The van der Waals surface area contributed by atoms with Crippen molar-refractivity contribution < 1.29 is 15.0 Å². The van der Waals surface area contributed by atoms with Crippen molar-refractivity contribution in [3.8, 4) is 11.5 Å². The molecule has 6 heteroatoms. The van der Waals surface area contributed by atoms with Gasteiger partial charge in [-0.25, -0.2) is 0 Å². The molecule has 0 saturated carbocycles. The van der Waals surface area contributed by atoms with Crippen molar-refractivity contribution in [2.24, 2.45) is 0 Å². The highest BCUT2D eigenvalue weighted by atomic mass is 35.5. The van der Waals surface area contributed by atoms with Crippen LogP contribution in [0.1, 0.15) is 21.5 Å². The Morgan fingerprint density at radius 3 is 2.31 bits per heavy atom. The Morgan fingerprint density at radius 2 is 1.66 bits per heavy atom. The van der Waals surface area contributed by atoms with Gasteiger partial charge in [-0.05, 0) is 42.2 Å².